The Labute approximate surface area is 164 Å². The number of esters is 1. The molecule has 7 nitrogen and oxygen atoms in total. The molecule has 1 fully saturated rings. The first kappa shape index (κ1) is 19.9. The molecule has 1 aromatic heterocycles. The molecule has 0 aliphatic heterocycles. The molecule has 2 aromatic rings. The Kier molecular flexibility index (Phi) is 6.34. The molecule has 0 spiro atoms. The molecule has 1 aliphatic rings. The van der Waals surface area contributed by atoms with Gasteiger partial charge in [-0.2, -0.15) is 0 Å². The molecule has 1 aromatic carbocycles. The molecule has 0 radical (unpaired) electrons. The highest BCUT2D eigenvalue weighted by atomic mass is 16.7. The Hall–Kier alpha value is -2.83. The average Bonchev–Trinajstić information content (AvgIpc) is 3.40. The van der Waals surface area contributed by atoms with Crippen LogP contribution in [0.3, 0.4) is 0 Å². The van der Waals surface area contributed by atoms with E-state index >= 15 is 0 Å². The van der Waals surface area contributed by atoms with Gasteiger partial charge in [0.25, 0.3) is 0 Å². The Morgan fingerprint density at radius 2 is 1.86 bits per heavy atom. The number of rotatable bonds is 8. The van der Waals surface area contributed by atoms with Gasteiger partial charge in [0.05, 0.1) is 24.7 Å². The third-order valence-corrected chi connectivity index (χ3v) is 4.68. The van der Waals surface area contributed by atoms with E-state index in [0.717, 1.165) is 18.4 Å². The number of imidazole rings is 1. The molecule has 150 valence electrons. The fourth-order valence-electron chi connectivity index (χ4n) is 2.97. The van der Waals surface area contributed by atoms with Crippen molar-refractivity contribution >= 4 is 12.1 Å². The van der Waals surface area contributed by atoms with Crippen LogP contribution in [0.5, 0.6) is 0 Å². The van der Waals surface area contributed by atoms with E-state index in [0.29, 0.717) is 5.69 Å². The fourth-order valence-corrected chi connectivity index (χ4v) is 2.97. The number of hydrogen-bond donors (Lipinski definition) is 0. The van der Waals surface area contributed by atoms with Gasteiger partial charge in [0.2, 0.25) is 0 Å². The van der Waals surface area contributed by atoms with E-state index in [1.165, 1.54) is 6.20 Å². The summed E-state index contributed by atoms with van der Waals surface area (Å²) in [6, 6.07) is 9.80. The van der Waals surface area contributed by atoms with Crippen molar-refractivity contribution in [3.63, 3.8) is 0 Å². The van der Waals surface area contributed by atoms with Gasteiger partial charge in [-0.25, -0.2) is 14.6 Å². The highest BCUT2D eigenvalue weighted by molar-refractivity contribution is 5.87. The van der Waals surface area contributed by atoms with Gasteiger partial charge in [0.1, 0.15) is 18.4 Å². The van der Waals surface area contributed by atoms with Crippen LogP contribution in [-0.2, 0) is 14.2 Å². The second kappa shape index (κ2) is 8.91. The van der Waals surface area contributed by atoms with Gasteiger partial charge in [0, 0.05) is 0 Å². The van der Waals surface area contributed by atoms with Gasteiger partial charge >= 0.3 is 12.1 Å². The van der Waals surface area contributed by atoms with Crippen molar-refractivity contribution in [3.8, 4) is 0 Å². The summed E-state index contributed by atoms with van der Waals surface area (Å²) in [6.45, 7) is 5.48. The summed E-state index contributed by atoms with van der Waals surface area (Å²) in [5, 5.41) is 0. The lowest BCUT2D eigenvalue weighted by Gasteiger charge is -2.20. The van der Waals surface area contributed by atoms with E-state index in [9.17, 15) is 9.59 Å². The Balaban J connectivity index is 1.65. The molecule has 28 heavy (non-hydrogen) atoms. The molecule has 7 heteroatoms. The standard InChI is InChI=1S/C21H26N2O5/c1-14(2)27-21(25)26-12-19(17-9-10-17)28-20(24)18-11-22-13-23(18)15(3)16-7-5-4-6-8-16/h4-8,11,13-15,17,19H,9-10,12H2,1-3H3/t15-,19?/m1/s1. The molecule has 0 N–H and O–H groups in total. The quantitative estimate of drug-likeness (QED) is 0.638. The number of aromatic nitrogens is 2. The minimum Gasteiger partial charge on any atom is -0.454 e. The first-order valence-corrected chi connectivity index (χ1v) is 9.57. The number of benzene rings is 1. The molecular formula is C21H26N2O5. The second-order valence-corrected chi connectivity index (χ2v) is 7.28. The Bertz CT molecular complexity index is 798. The van der Waals surface area contributed by atoms with Crippen LogP contribution in [0, 0.1) is 5.92 Å². The third kappa shape index (κ3) is 5.12. The van der Waals surface area contributed by atoms with Gasteiger partial charge in [-0.05, 0) is 45.1 Å². The third-order valence-electron chi connectivity index (χ3n) is 4.68. The summed E-state index contributed by atoms with van der Waals surface area (Å²) in [4.78, 5) is 28.5. The molecule has 1 aliphatic carbocycles. The van der Waals surface area contributed by atoms with E-state index in [1.807, 2.05) is 37.3 Å². The highest BCUT2D eigenvalue weighted by Gasteiger charge is 2.36. The fraction of sp³-hybridized carbons (Fsp3) is 0.476. The monoisotopic (exact) mass is 386 g/mol. The lowest BCUT2D eigenvalue weighted by Crippen LogP contribution is -2.29. The maximum Gasteiger partial charge on any atom is 0.508 e. The lowest BCUT2D eigenvalue weighted by atomic mass is 10.1. The van der Waals surface area contributed by atoms with Crippen LogP contribution in [0.1, 0.15) is 55.7 Å². The first-order valence-electron chi connectivity index (χ1n) is 9.57. The van der Waals surface area contributed by atoms with Crippen LogP contribution >= 0.6 is 0 Å². The van der Waals surface area contributed by atoms with Crippen LogP contribution in [-0.4, -0.2) is 40.5 Å². The molecule has 1 unspecified atom stereocenters. The summed E-state index contributed by atoms with van der Waals surface area (Å²) in [5.74, 6) is -0.267. The topological polar surface area (TPSA) is 79.7 Å². The van der Waals surface area contributed by atoms with Crippen molar-refractivity contribution in [2.75, 3.05) is 6.61 Å². The Morgan fingerprint density at radius 3 is 2.50 bits per heavy atom. The van der Waals surface area contributed by atoms with Crippen molar-refractivity contribution in [1.82, 2.24) is 9.55 Å². The van der Waals surface area contributed by atoms with Gasteiger partial charge in [-0.1, -0.05) is 30.3 Å². The van der Waals surface area contributed by atoms with E-state index in [2.05, 4.69) is 4.98 Å². The van der Waals surface area contributed by atoms with Crippen LogP contribution in [0.2, 0.25) is 0 Å². The van der Waals surface area contributed by atoms with Gasteiger partial charge in [-0.15, -0.1) is 0 Å². The second-order valence-electron chi connectivity index (χ2n) is 7.28. The van der Waals surface area contributed by atoms with Crippen molar-refractivity contribution in [2.24, 2.45) is 5.92 Å². The van der Waals surface area contributed by atoms with Crippen LogP contribution < -0.4 is 0 Å². The van der Waals surface area contributed by atoms with E-state index in [1.54, 1.807) is 24.7 Å². The average molecular weight is 386 g/mol. The maximum absolute atomic E-state index is 12.8. The van der Waals surface area contributed by atoms with Gasteiger partial charge in [0.15, 0.2) is 0 Å². The number of nitrogens with zero attached hydrogens (tertiary/aromatic N) is 2. The zero-order chi connectivity index (χ0) is 20.1. The highest BCUT2D eigenvalue weighted by Crippen LogP contribution is 2.35. The zero-order valence-corrected chi connectivity index (χ0v) is 16.4. The molecule has 0 amide bonds. The SMILES string of the molecule is CC(C)OC(=O)OCC(OC(=O)c1cncn1[C@H](C)c1ccccc1)C1CC1. The molecule has 0 bridgehead atoms. The molecule has 2 atom stereocenters. The number of carbonyl (C=O) groups excluding carboxylic acids is 2. The molecular weight excluding hydrogens is 360 g/mol. The summed E-state index contributed by atoms with van der Waals surface area (Å²) in [5.41, 5.74) is 1.43. The minimum absolute atomic E-state index is 0.00959. The normalized spacial score (nSPS) is 15.7. The minimum atomic E-state index is -0.751. The Morgan fingerprint density at radius 1 is 1.14 bits per heavy atom. The van der Waals surface area contributed by atoms with E-state index in [4.69, 9.17) is 14.2 Å². The molecule has 0 saturated heterocycles. The van der Waals surface area contributed by atoms with E-state index < -0.39 is 18.2 Å². The van der Waals surface area contributed by atoms with Gasteiger partial charge < -0.3 is 18.8 Å². The summed E-state index contributed by atoms with van der Waals surface area (Å²) >= 11 is 0. The first-order chi connectivity index (χ1) is 13.5. The number of ether oxygens (including phenoxy) is 3. The van der Waals surface area contributed by atoms with Crippen LogP contribution in [0.25, 0.3) is 0 Å². The van der Waals surface area contributed by atoms with Crippen molar-refractivity contribution in [1.29, 1.82) is 0 Å². The predicted molar refractivity (Wildman–Crippen MR) is 102 cm³/mol. The smallest absolute Gasteiger partial charge is 0.454 e. The van der Waals surface area contributed by atoms with Crippen molar-refractivity contribution in [2.45, 2.75) is 51.9 Å². The molecule has 1 saturated carbocycles. The van der Waals surface area contributed by atoms with Crippen LogP contribution in [0.15, 0.2) is 42.9 Å². The van der Waals surface area contributed by atoms with Crippen molar-refractivity contribution < 1.29 is 23.8 Å². The number of hydrogen-bond acceptors (Lipinski definition) is 6. The maximum atomic E-state index is 12.8. The molecule has 1 heterocycles. The van der Waals surface area contributed by atoms with Gasteiger partial charge in [-0.3, -0.25) is 0 Å². The number of carbonyl (C=O) groups is 2. The largest absolute Gasteiger partial charge is 0.508 e. The predicted octanol–water partition coefficient (Wildman–Crippen LogP) is 3.99. The summed E-state index contributed by atoms with van der Waals surface area (Å²) < 4.78 is 17.5. The summed E-state index contributed by atoms with van der Waals surface area (Å²) in [7, 11) is 0. The summed E-state index contributed by atoms with van der Waals surface area (Å²) in [6.07, 6.45) is 3.52. The van der Waals surface area contributed by atoms with E-state index in [-0.39, 0.29) is 24.7 Å². The zero-order valence-electron chi connectivity index (χ0n) is 16.4. The van der Waals surface area contributed by atoms with Crippen LogP contribution in [0.4, 0.5) is 4.79 Å². The van der Waals surface area contributed by atoms with Crippen molar-refractivity contribution in [3.05, 3.63) is 54.1 Å². The molecule has 3 rings (SSSR count). The lowest BCUT2D eigenvalue weighted by molar-refractivity contribution is -0.0196.